The first-order valence-electron chi connectivity index (χ1n) is 6.89. The van der Waals surface area contributed by atoms with Crippen LogP contribution in [0.1, 0.15) is 39.7 Å². The summed E-state index contributed by atoms with van der Waals surface area (Å²) in [5, 5.41) is 0. The zero-order valence-electron chi connectivity index (χ0n) is 12.1. The molecule has 0 N–H and O–H groups in total. The van der Waals surface area contributed by atoms with E-state index in [0.29, 0.717) is 18.4 Å². The van der Waals surface area contributed by atoms with Gasteiger partial charge in [0.05, 0.1) is 12.7 Å². The molecule has 2 atom stereocenters. The highest BCUT2D eigenvalue weighted by atomic mass is 16.5. The van der Waals surface area contributed by atoms with Crippen molar-refractivity contribution >= 4 is 0 Å². The van der Waals surface area contributed by atoms with Crippen LogP contribution in [0.25, 0.3) is 0 Å². The van der Waals surface area contributed by atoms with Crippen LogP contribution in [-0.2, 0) is 11.3 Å². The van der Waals surface area contributed by atoms with Gasteiger partial charge in [-0.05, 0) is 17.9 Å². The molecule has 0 aliphatic carbocycles. The summed E-state index contributed by atoms with van der Waals surface area (Å²) in [6, 6.07) is 10.4. The molecule has 0 aliphatic heterocycles. The summed E-state index contributed by atoms with van der Waals surface area (Å²) in [7, 11) is 0. The lowest BCUT2D eigenvalue weighted by atomic mass is 9.88. The molecule has 100 valence electrons. The van der Waals surface area contributed by atoms with Crippen LogP contribution in [0.2, 0.25) is 0 Å². The molecule has 0 fully saturated rings. The lowest BCUT2D eigenvalue weighted by molar-refractivity contribution is -0.0148. The first-order valence-corrected chi connectivity index (χ1v) is 6.89. The van der Waals surface area contributed by atoms with Gasteiger partial charge in [-0.1, -0.05) is 70.2 Å². The van der Waals surface area contributed by atoms with Crippen molar-refractivity contribution in [3.63, 3.8) is 0 Å². The van der Waals surface area contributed by atoms with Gasteiger partial charge in [-0.25, -0.2) is 0 Å². The first-order chi connectivity index (χ1) is 8.56. The molecule has 0 aliphatic rings. The maximum absolute atomic E-state index is 6.11. The molecule has 18 heavy (non-hydrogen) atoms. The average molecular weight is 246 g/mol. The van der Waals surface area contributed by atoms with Crippen LogP contribution in [0, 0.1) is 11.8 Å². The molecule has 0 saturated carbocycles. The second-order valence-corrected chi connectivity index (χ2v) is 5.31. The van der Waals surface area contributed by atoms with Crippen molar-refractivity contribution < 1.29 is 4.74 Å². The van der Waals surface area contributed by atoms with Gasteiger partial charge < -0.3 is 4.74 Å². The Morgan fingerprint density at radius 1 is 1.17 bits per heavy atom. The number of hydrogen-bond acceptors (Lipinski definition) is 1. The van der Waals surface area contributed by atoms with E-state index in [1.807, 2.05) is 6.07 Å². The monoisotopic (exact) mass is 246 g/mol. The predicted octanol–water partition coefficient (Wildman–Crippen LogP) is 4.83. The Hall–Kier alpha value is -1.08. The van der Waals surface area contributed by atoms with Gasteiger partial charge in [0.1, 0.15) is 0 Å². The molecule has 0 unspecified atom stereocenters. The van der Waals surface area contributed by atoms with Crippen LogP contribution in [0.3, 0.4) is 0 Å². The standard InChI is InChI=1S/C17H26O/c1-6-14(4)15(5)17(13(2)3)18-12-16-10-8-7-9-11-16/h7-11,13,15,17H,4,6,12H2,1-3,5H3/t15-,17-/m0/s1. The van der Waals surface area contributed by atoms with E-state index < -0.39 is 0 Å². The molecule has 0 saturated heterocycles. The number of hydrogen-bond donors (Lipinski definition) is 0. The van der Waals surface area contributed by atoms with Crippen LogP contribution in [0.15, 0.2) is 42.5 Å². The zero-order chi connectivity index (χ0) is 13.5. The lowest BCUT2D eigenvalue weighted by Gasteiger charge is -2.29. The maximum atomic E-state index is 6.11. The second-order valence-electron chi connectivity index (χ2n) is 5.31. The summed E-state index contributed by atoms with van der Waals surface area (Å²) in [6.45, 7) is 13.7. The van der Waals surface area contributed by atoms with Gasteiger partial charge in [0.25, 0.3) is 0 Å². The zero-order valence-corrected chi connectivity index (χ0v) is 12.1. The lowest BCUT2D eigenvalue weighted by Crippen LogP contribution is -2.28. The fourth-order valence-corrected chi connectivity index (χ4v) is 2.24. The van der Waals surface area contributed by atoms with Gasteiger partial charge in [0.2, 0.25) is 0 Å². The van der Waals surface area contributed by atoms with E-state index >= 15 is 0 Å². The van der Waals surface area contributed by atoms with E-state index in [4.69, 9.17) is 4.74 Å². The minimum atomic E-state index is 0.248. The Morgan fingerprint density at radius 3 is 2.28 bits per heavy atom. The fraction of sp³-hybridized carbons (Fsp3) is 0.529. The van der Waals surface area contributed by atoms with E-state index in [0.717, 1.165) is 6.42 Å². The van der Waals surface area contributed by atoms with E-state index in [1.54, 1.807) is 0 Å². The molecular formula is C17H26O. The van der Waals surface area contributed by atoms with Crippen molar-refractivity contribution in [3.05, 3.63) is 48.0 Å². The largest absolute Gasteiger partial charge is 0.373 e. The minimum absolute atomic E-state index is 0.248. The Kier molecular flexibility index (Phi) is 6.14. The molecule has 1 aromatic carbocycles. The van der Waals surface area contributed by atoms with E-state index in [1.165, 1.54) is 11.1 Å². The summed E-state index contributed by atoms with van der Waals surface area (Å²) in [5.41, 5.74) is 2.51. The molecule has 1 nitrogen and oxygen atoms in total. The first kappa shape index (κ1) is 15.0. The average Bonchev–Trinajstić information content (AvgIpc) is 2.38. The van der Waals surface area contributed by atoms with Gasteiger partial charge in [-0.15, -0.1) is 0 Å². The SMILES string of the molecule is C=C(CC)[C@H](C)[C@@H](OCc1ccccc1)C(C)C. The smallest absolute Gasteiger partial charge is 0.0721 e. The van der Waals surface area contributed by atoms with E-state index in [-0.39, 0.29) is 6.10 Å². The Morgan fingerprint density at radius 2 is 1.78 bits per heavy atom. The van der Waals surface area contributed by atoms with Crippen LogP contribution in [0.4, 0.5) is 0 Å². The van der Waals surface area contributed by atoms with Gasteiger partial charge in [-0.2, -0.15) is 0 Å². The normalized spacial score (nSPS) is 14.5. The summed E-state index contributed by atoms with van der Waals surface area (Å²) in [5.74, 6) is 0.922. The Bertz CT molecular complexity index is 353. The van der Waals surface area contributed by atoms with Crippen molar-refractivity contribution in [2.75, 3.05) is 0 Å². The van der Waals surface area contributed by atoms with Gasteiger partial charge in [0.15, 0.2) is 0 Å². The van der Waals surface area contributed by atoms with Crippen molar-refractivity contribution in [2.24, 2.45) is 11.8 Å². The molecule has 0 spiro atoms. The third-order valence-corrected chi connectivity index (χ3v) is 3.53. The summed E-state index contributed by atoms with van der Waals surface area (Å²) < 4.78 is 6.11. The summed E-state index contributed by atoms with van der Waals surface area (Å²) >= 11 is 0. The molecule has 0 heterocycles. The number of ether oxygens (including phenoxy) is 1. The van der Waals surface area contributed by atoms with Gasteiger partial charge >= 0.3 is 0 Å². The third-order valence-electron chi connectivity index (χ3n) is 3.53. The van der Waals surface area contributed by atoms with Crippen molar-refractivity contribution in [1.29, 1.82) is 0 Å². The molecular weight excluding hydrogens is 220 g/mol. The number of benzene rings is 1. The predicted molar refractivity (Wildman–Crippen MR) is 78.5 cm³/mol. The Balaban J connectivity index is 2.61. The van der Waals surface area contributed by atoms with Crippen LogP contribution in [0.5, 0.6) is 0 Å². The fourth-order valence-electron chi connectivity index (χ4n) is 2.24. The van der Waals surface area contributed by atoms with Crippen LogP contribution >= 0.6 is 0 Å². The van der Waals surface area contributed by atoms with Crippen molar-refractivity contribution in [2.45, 2.75) is 46.8 Å². The Labute approximate surface area is 112 Å². The maximum Gasteiger partial charge on any atom is 0.0721 e. The highest BCUT2D eigenvalue weighted by Gasteiger charge is 2.23. The molecule has 0 bridgehead atoms. The molecule has 0 radical (unpaired) electrons. The molecule has 0 amide bonds. The molecule has 1 aromatic rings. The molecule has 1 rings (SSSR count). The van der Waals surface area contributed by atoms with Crippen LogP contribution in [-0.4, -0.2) is 6.10 Å². The van der Waals surface area contributed by atoms with E-state index in [2.05, 4.69) is 58.5 Å². The summed E-state index contributed by atoms with van der Waals surface area (Å²) in [6.07, 6.45) is 1.27. The van der Waals surface area contributed by atoms with Gasteiger partial charge in [0, 0.05) is 5.92 Å². The molecule has 0 aromatic heterocycles. The minimum Gasteiger partial charge on any atom is -0.373 e. The number of rotatable bonds is 7. The van der Waals surface area contributed by atoms with Crippen molar-refractivity contribution in [1.82, 2.24) is 0 Å². The highest BCUT2D eigenvalue weighted by Crippen LogP contribution is 2.25. The van der Waals surface area contributed by atoms with Gasteiger partial charge in [-0.3, -0.25) is 0 Å². The quantitative estimate of drug-likeness (QED) is 0.626. The second kappa shape index (κ2) is 7.38. The third kappa shape index (κ3) is 4.30. The van der Waals surface area contributed by atoms with E-state index in [9.17, 15) is 0 Å². The summed E-state index contributed by atoms with van der Waals surface area (Å²) in [4.78, 5) is 0. The highest BCUT2D eigenvalue weighted by molar-refractivity contribution is 5.13. The molecule has 1 heteroatoms. The van der Waals surface area contributed by atoms with Crippen LogP contribution < -0.4 is 0 Å². The topological polar surface area (TPSA) is 9.23 Å². The van der Waals surface area contributed by atoms with Crippen molar-refractivity contribution in [3.8, 4) is 0 Å².